The van der Waals surface area contributed by atoms with Gasteiger partial charge in [-0.1, -0.05) is 158 Å². The Labute approximate surface area is 327 Å². The van der Waals surface area contributed by atoms with E-state index in [1.54, 1.807) is 0 Å². The summed E-state index contributed by atoms with van der Waals surface area (Å²) in [5.41, 5.74) is 13.4. The van der Waals surface area contributed by atoms with Crippen LogP contribution in [0.4, 0.5) is 0 Å². The van der Waals surface area contributed by atoms with Crippen molar-refractivity contribution in [3.05, 3.63) is 194 Å². The molecule has 3 nitrogen and oxygen atoms in total. The van der Waals surface area contributed by atoms with Gasteiger partial charge in [-0.25, -0.2) is 9.97 Å². The van der Waals surface area contributed by atoms with Gasteiger partial charge < -0.3 is 4.42 Å². The number of thiophene rings is 1. The molecule has 8 aromatic carbocycles. The zero-order chi connectivity index (χ0) is 37.0. The van der Waals surface area contributed by atoms with Crippen LogP contribution in [0.25, 0.3) is 109 Å². The highest BCUT2D eigenvalue weighted by Crippen LogP contribution is 2.44. The molecule has 0 aliphatic carbocycles. The molecular weight excluding hydrogens is 701 g/mol. The molecule has 0 radical (unpaired) electrons. The van der Waals surface area contributed by atoms with Gasteiger partial charge in [0.1, 0.15) is 11.2 Å². The first-order chi connectivity index (χ1) is 27.7. The number of rotatable bonds is 6. The number of para-hydroxylation sites is 1. The number of fused-ring (bicyclic) bond motifs is 6. The molecule has 0 bridgehead atoms. The third kappa shape index (κ3) is 5.58. The van der Waals surface area contributed by atoms with Crippen molar-refractivity contribution in [3.8, 4) is 67.3 Å². The van der Waals surface area contributed by atoms with Crippen molar-refractivity contribution in [2.45, 2.75) is 0 Å². The Morgan fingerprint density at radius 1 is 0.357 bits per heavy atom. The molecule has 0 fully saturated rings. The van der Waals surface area contributed by atoms with Gasteiger partial charge in [-0.2, -0.15) is 0 Å². The molecule has 3 aromatic heterocycles. The normalized spacial score (nSPS) is 11.6. The number of hydrogen-bond acceptors (Lipinski definition) is 4. The lowest BCUT2D eigenvalue weighted by atomic mass is 9.93. The predicted molar refractivity (Wildman–Crippen MR) is 235 cm³/mol. The van der Waals surface area contributed by atoms with E-state index in [4.69, 9.17) is 14.4 Å². The van der Waals surface area contributed by atoms with Crippen LogP contribution < -0.4 is 0 Å². The minimum atomic E-state index is 0.686. The van der Waals surface area contributed by atoms with E-state index in [0.717, 1.165) is 72.3 Å². The molecule has 0 N–H and O–H groups in total. The summed E-state index contributed by atoms with van der Waals surface area (Å²) in [7, 11) is 0. The molecule has 0 saturated heterocycles. The average Bonchev–Trinajstić information content (AvgIpc) is 3.85. The number of benzene rings is 8. The molecule has 0 unspecified atom stereocenters. The molecule has 0 spiro atoms. The van der Waals surface area contributed by atoms with Crippen LogP contribution in [0.5, 0.6) is 0 Å². The molecule has 0 aliphatic rings. The van der Waals surface area contributed by atoms with Crippen molar-refractivity contribution in [2.24, 2.45) is 0 Å². The van der Waals surface area contributed by atoms with Gasteiger partial charge in [0.2, 0.25) is 0 Å². The molecule has 262 valence electrons. The molecule has 0 atom stereocenters. The van der Waals surface area contributed by atoms with E-state index in [-0.39, 0.29) is 0 Å². The third-order valence-corrected chi connectivity index (χ3v) is 11.9. The average molecular weight is 733 g/mol. The Morgan fingerprint density at radius 3 is 1.66 bits per heavy atom. The lowest BCUT2D eigenvalue weighted by Gasteiger charge is -2.11. The Balaban J connectivity index is 1.01. The summed E-state index contributed by atoms with van der Waals surface area (Å²) >= 11 is 1.84. The highest BCUT2D eigenvalue weighted by atomic mass is 32.1. The second-order valence-electron chi connectivity index (χ2n) is 14.1. The first kappa shape index (κ1) is 32.3. The SMILES string of the molecule is c1ccc(-c2ccc(-c3cc(-c4ccccc4)nc(-c4ccc(-c5ccc(-c6ccc7sc8ccccc8c7c6)c6oc7ccccc7c56)cc4)n3)cc2)cc1. The summed E-state index contributed by atoms with van der Waals surface area (Å²) in [5, 5.41) is 4.79. The fraction of sp³-hybridized carbons (Fsp3) is 0. The zero-order valence-corrected chi connectivity index (χ0v) is 31.0. The molecule has 56 heavy (non-hydrogen) atoms. The second kappa shape index (κ2) is 13.3. The smallest absolute Gasteiger partial charge is 0.160 e. The first-order valence-corrected chi connectivity index (χ1v) is 19.6. The molecule has 11 aromatic rings. The Morgan fingerprint density at radius 2 is 0.893 bits per heavy atom. The van der Waals surface area contributed by atoms with Crippen LogP contribution in [-0.2, 0) is 0 Å². The molecule has 4 heteroatoms. The number of nitrogens with zero attached hydrogens (tertiary/aromatic N) is 2. The minimum absolute atomic E-state index is 0.686. The van der Waals surface area contributed by atoms with E-state index in [1.807, 2.05) is 41.7 Å². The fourth-order valence-corrected chi connectivity index (χ4v) is 9.02. The highest BCUT2D eigenvalue weighted by molar-refractivity contribution is 7.25. The lowest BCUT2D eigenvalue weighted by Crippen LogP contribution is -1.96. The van der Waals surface area contributed by atoms with Crippen LogP contribution in [0.2, 0.25) is 0 Å². The van der Waals surface area contributed by atoms with Crippen molar-refractivity contribution in [1.29, 1.82) is 0 Å². The second-order valence-corrected chi connectivity index (χ2v) is 15.2. The minimum Gasteiger partial charge on any atom is -0.455 e. The summed E-state index contributed by atoms with van der Waals surface area (Å²) in [6.45, 7) is 0. The van der Waals surface area contributed by atoms with E-state index >= 15 is 0 Å². The van der Waals surface area contributed by atoms with Gasteiger partial charge in [0.15, 0.2) is 5.82 Å². The fourth-order valence-electron chi connectivity index (χ4n) is 7.93. The van der Waals surface area contributed by atoms with Gasteiger partial charge in [-0.05, 0) is 64.2 Å². The van der Waals surface area contributed by atoms with Crippen LogP contribution in [0.15, 0.2) is 199 Å². The first-order valence-electron chi connectivity index (χ1n) is 18.8. The van der Waals surface area contributed by atoms with Crippen LogP contribution in [-0.4, -0.2) is 9.97 Å². The summed E-state index contributed by atoms with van der Waals surface area (Å²) in [6, 6.07) is 68.4. The zero-order valence-electron chi connectivity index (χ0n) is 30.2. The van der Waals surface area contributed by atoms with Crippen molar-refractivity contribution in [2.75, 3.05) is 0 Å². The van der Waals surface area contributed by atoms with Crippen molar-refractivity contribution in [3.63, 3.8) is 0 Å². The molecule has 11 rings (SSSR count). The molecule has 0 saturated carbocycles. The maximum atomic E-state index is 6.70. The summed E-state index contributed by atoms with van der Waals surface area (Å²) < 4.78 is 9.29. The predicted octanol–water partition coefficient (Wildman–Crippen LogP) is 14.7. The van der Waals surface area contributed by atoms with Gasteiger partial charge in [0.05, 0.1) is 11.4 Å². The summed E-state index contributed by atoms with van der Waals surface area (Å²) in [6.07, 6.45) is 0. The van der Waals surface area contributed by atoms with Crippen molar-refractivity contribution in [1.82, 2.24) is 9.97 Å². The quantitative estimate of drug-likeness (QED) is 0.171. The molecule has 0 amide bonds. The van der Waals surface area contributed by atoms with Crippen LogP contribution in [0.1, 0.15) is 0 Å². The van der Waals surface area contributed by atoms with Gasteiger partial charge >= 0.3 is 0 Å². The number of furan rings is 1. The third-order valence-electron chi connectivity index (χ3n) is 10.8. The molecular formula is C52H32N2OS. The lowest BCUT2D eigenvalue weighted by molar-refractivity contribution is 0.670. The van der Waals surface area contributed by atoms with E-state index in [0.29, 0.717) is 5.82 Å². The molecule has 3 heterocycles. The van der Waals surface area contributed by atoms with Gasteiger partial charge in [-0.3, -0.25) is 0 Å². The van der Waals surface area contributed by atoms with Gasteiger partial charge in [0, 0.05) is 53.2 Å². The Hall–Kier alpha value is -7.14. The summed E-state index contributed by atoms with van der Waals surface area (Å²) in [5.74, 6) is 0.686. The van der Waals surface area contributed by atoms with Crippen molar-refractivity contribution < 1.29 is 4.42 Å². The largest absolute Gasteiger partial charge is 0.455 e. The maximum absolute atomic E-state index is 6.70. The Kier molecular flexibility index (Phi) is 7.68. The van der Waals surface area contributed by atoms with E-state index in [2.05, 4.69) is 164 Å². The van der Waals surface area contributed by atoms with Gasteiger partial charge in [-0.15, -0.1) is 11.3 Å². The number of hydrogen-bond donors (Lipinski definition) is 0. The van der Waals surface area contributed by atoms with Crippen LogP contribution in [0.3, 0.4) is 0 Å². The van der Waals surface area contributed by atoms with E-state index < -0.39 is 0 Å². The Bertz CT molecular complexity index is 3220. The topological polar surface area (TPSA) is 38.9 Å². The van der Waals surface area contributed by atoms with E-state index in [1.165, 1.54) is 31.3 Å². The monoisotopic (exact) mass is 732 g/mol. The standard InChI is InChI=1S/C52H32N2OS/c1-3-11-33(12-4-1)34-19-23-37(24-20-34)46-32-45(36-13-5-2-6-14-36)53-52(54-46)38-25-21-35(22-26-38)40-28-29-41(51-50(40)43-16-7-9-17-47(43)55-51)39-27-30-49-44(31-39)42-15-8-10-18-48(42)56-49/h1-32H. The van der Waals surface area contributed by atoms with Gasteiger partial charge in [0.25, 0.3) is 0 Å². The van der Waals surface area contributed by atoms with Crippen LogP contribution in [0, 0.1) is 0 Å². The highest BCUT2D eigenvalue weighted by Gasteiger charge is 2.19. The summed E-state index contributed by atoms with van der Waals surface area (Å²) in [4.78, 5) is 10.2. The molecule has 0 aliphatic heterocycles. The number of aromatic nitrogens is 2. The van der Waals surface area contributed by atoms with Crippen LogP contribution >= 0.6 is 11.3 Å². The maximum Gasteiger partial charge on any atom is 0.160 e. The van der Waals surface area contributed by atoms with E-state index in [9.17, 15) is 0 Å². The van der Waals surface area contributed by atoms with Crippen molar-refractivity contribution >= 4 is 53.4 Å².